The Labute approximate surface area is 115 Å². The highest BCUT2D eigenvalue weighted by atomic mass is 35.5. The number of ether oxygens (including phenoxy) is 1. The third kappa shape index (κ3) is 2.51. The number of halogens is 1. The van der Waals surface area contributed by atoms with Gasteiger partial charge in [0.2, 0.25) is 0 Å². The Morgan fingerprint density at radius 1 is 1.44 bits per heavy atom. The summed E-state index contributed by atoms with van der Waals surface area (Å²) < 4.78 is 5.32. The van der Waals surface area contributed by atoms with Crippen molar-refractivity contribution in [1.82, 2.24) is 4.98 Å². The summed E-state index contributed by atoms with van der Waals surface area (Å²) in [6, 6.07) is 5.47. The lowest BCUT2D eigenvalue weighted by molar-refractivity contribution is 0.284. The molecule has 0 atom stereocenters. The second-order valence-corrected chi connectivity index (χ2v) is 5.27. The first-order chi connectivity index (χ1) is 8.69. The van der Waals surface area contributed by atoms with Crippen LogP contribution in [-0.2, 0) is 13.0 Å². The highest BCUT2D eigenvalue weighted by molar-refractivity contribution is 7.15. The van der Waals surface area contributed by atoms with E-state index >= 15 is 0 Å². The molecule has 0 aliphatic rings. The summed E-state index contributed by atoms with van der Waals surface area (Å²) in [4.78, 5) is 5.45. The third-order valence-corrected chi connectivity index (χ3v) is 4.00. The molecule has 0 aliphatic carbocycles. The Morgan fingerprint density at radius 2 is 2.22 bits per heavy atom. The third-order valence-electron chi connectivity index (χ3n) is 2.65. The summed E-state index contributed by atoms with van der Waals surface area (Å²) in [6.45, 7) is 2.05. The molecule has 1 aromatic carbocycles. The van der Waals surface area contributed by atoms with Crippen LogP contribution in [0.3, 0.4) is 0 Å². The highest BCUT2D eigenvalue weighted by Crippen LogP contribution is 2.36. The molecule has 0 bridgehead atoms. The van der Waals surface area contributed by atoms with Gasteiger partial charge in [-0.15, -0.1) is 11.3 Å². The van der Waals surface area contributed by atoms with Gasteiger partial charge in [-0.2, -0.15) is 0 Å². The number of thiazole rings is 1. The summed E-state index contributed by atoms with van der Waals surface area (Å²) in [7, 11) is 1.61. The summed E-state index contributed by atoms with van der Waals surface area (Å²) in [5, 5.41) is 10.8. The van der Waals surface area contributed by atoms with Crippen LogP contribution in [0, 0.1) is 0 Å². The van der Waals surface area contributed by atoms with Crippen molar-refractivity contribution in [2.24, 2.45) is 0 Å². The van der Waals surface area contributed by atoms with Gasteiger partial charge in [0, 0.05) is 5.02 Å². The van der Waals surface area contributed by atoms with Gasteiger partial charge in [0.15, 0.2) is 0 Å². The smallest absolute Gasteiger partial charge is 0.130 e. The molecular weight excluding hydrogens is 270 g/mol. The Kier molecular flexibility index (Phi) is 4.22. The topological polar surface area (TPSA) is 42.4 Å². The Bertz CT molecular complexity index is 532. The quantitative estimate of drug-likeness (QED) is 0.933. The number of aliphatic hydroxyl groups is 1. The molecule has 1 heterocycles. The zero-order valence-corrected chi connectivity index (χ0v) is 11.8. The molecule has 3 nitrogen and oxygen atoms in total. The Balaban J connectivity index is 2.51. The first-order valence-corrected chi connectivity index (χ1v) is 6.82. The van der Waals surface area contributed by atoms with Crippen LogP contribution in [0.5, 0.6) is 5.75 Å². The van der Waals surface area contributed by atoms with E-state index in [9.17, 15) is 5.11 Å². The lowest BCUT2D eigenvalue weighted by Crippen LogP contribution is -1.89. The van der Waals surface area contributed by atoms with E-state index in [0.717, 1.165) is 27.6 Å². The van der Waals surface area contributed by atoms with Gasteiger partial charge in [-0.05, 0) is 24.6 Å². The molecule has 1 aromatic heterocycles. The van der Waals surface area contributed by atoms with Crippen molar-refractivity contribution in [3.05, 3.63) is 33.8 Å². The minimum Gasteiger partial charge on any atom is -0.496 e. The van der Waals surface area contributed by atoms with E-state index in [1.54, 1.807) is 13.2 Å². The van der Waals surface area contributed by atoms with E-state index < -0.39 is 0 Å². The average molecular weight is 284 g/mol. The fourth-order valence-electron chi connectivity index (χ4n) is 1.74. The van der Waals surface area contributed by atoms with Crippen molar-refractivity contribution in [2.45, 2.75) is 20.0 Å². The maximum absolute atomic E-state index is 9.30. The fourth-order valence-corrected chi connectivity index (χ4v) is 2.94. The lowest BCUT2D eigenvalue weighted by atomic mass is 10.2. The molecule has 0 fully saturated rings. The standard InChI is InChI=1S/C13H14ClNO2S/c1-3-10-12(7-16)18-13(15-10)9-5-4-8(14)6-11(9)17-2/h4-6,16H,3,7H2,1-2H3. The predicted octanol–water partition coefficient (Wildman–Crippen LogP) is 3.53. The highest BCUT2D eigenvalue weighted by Gasteiger charge is 2.14. The zero-order valence-electron chi connectivity index (χ0n) is 10.2. The summed E-state index contributed by atoms with van der Waals surface area (Å²) in [5.74, 6) is 0.698. The average Bonchev–Trinajstić information content (AvgIpc) is 2.81. The fraction of sp³-hybridized carbons (Fsp3) is 0.308. The Morgan fingerprint density at radius 3 is 2.78 bits per heavy atom. The monoisotopic (exact) mass is 283 g/mol. The number of aromatic nitrogens is 1. The van der Waals surface area contributed by atoms with Gasteiger partial charge in [0.05, 0.1) is 29.9 Å². The zero-order chi connectivity index (χ0) is 13.1. The number of hydrogen-bond donors (Lipinski definition) is 1. The second kappa shape index (κ2) is 5.69. The first-order valence-electron chi connectivity index (χ1n) is 5.63. The molecule has 96 valence electrons. The number of hydrogen-bond acceptors (Lipinski definition) is 4. The number of aliphatic hydroxyl groups excluding tert-OH is 1. The van der Waals surface area contributed by atoms with E-state index in [0.29, 0.717) is 10.8 Å². The van der Waals surface area contributed by atoms with E-state index in [1.165, 1.54) is 11.3 Å². The van der Waals surface area contributed by atoms with Crippen LogP contribution in [0.4, 0.5) is 0 Å². The molecule has 0 spiro atoms. The molecule has 0 aliphatic heterocycles. The number of aryl methyl sites for hydroxylation is 1. The van der Waals surface area contributed by atoms with Crippen LogP contribution in [-0.4, -0.2) is 17.2 Å². The van der Waals surface area contributed by atoms with Gasteiger partial charge in [-0.25, -0.2) is 4.98 Å². The van der Waals surface area contributed by atoms with E-state index in [-0.39, 0.29) is 6.61 Å². The van der Waals surface area contributed by atoms with Crippen LogP contribution in [0.2, 0.25) is 5.02 Å². The van der Waals surface area contributed by atoms with Gasteiger partial charge in [-0.1, -0.05) is 18.5 Å². The molecule has 1 N–H and O–H groups in total. The van der Waals surface area contributed by atoms with Gasteiger partial charge in [0.25, 0.3) is 0 Å². The summed E-state index contributed by atoms with van der Waals surface area (Å²) in [6.07, 6.45) is 0.808. The molecule has 2 aromatic rings. The largest absolute Gasteiger partial charge is 0.496 e. The van der Waals surface area contributed by atoms with Crippen molar-refractivity contribution in [2.75, 3.05) is 7.11 Å². The molecule has 0 amide bonds. The van der Waals surface area contributed by atoms with Crippen molar-refractivity contribution in [1.29, 1.82) is 0 Å². The molecule has 0 unspecified atom stereocenters. The van der Waals surface area contributed by atoms with Crippen LogP contribution in [0.15, 0.2) is 18.2 Å². The second-order valence-electron chi connectivity index (χ2n) is 3.75. The van der Waals surface area contributed by atoms with E-state index in [4.69, 9.17) is 16.3 Å². The van der Waals surface area contributed by atoms with Crippen LogP contribution in [0.25, 0.3) is 10.6 Å². The minimum atomic E-state index is 0.0245. The summed E-state index contributed by atoms with van der Waals surface area (Å²) >= 11 is 7.43. The minimum absolute atomic E-state index is 0.0245. The van der Waals surface area contributed by atoms with Crippen LogP contribution in [0.1, 0.15) is 17.5 Å². The molecule has 0 radical (unpaired) electrons. The van der Waals surface area contributed by atoms with Crippen molar-refractivity contribution >= 4 is 22.9 Å². The van der Waals surface area contributed by atoms with Crippen molar-refractivity contribution in [3.63, 3.8) is 0 Å². The first kappa shape index (κ1) is 13.3. The van der Waals surface area contributed by atoms with Gasteiger partial charge >= 0.3 is 0 Å². The van der Waals surface area contributed by atoms with E-state index in [2.05, 4.69) is 4.98 Å². The molecule has 18 heavy (non-hydrogen) atoms. The predicted molar refractivity (Wildman–Crippen MR) is 74.4 cm³/mol. The van der Waals surface area contributed by atoms with Gasteiger partial charge < -0.3 is 9.84 Å². The number of rotatable bonds is 4. The van der Waals surface area contributed by atoms with E-state index in [1.807, 2.05) is 19.1 Å². The number of nitrogens with zero attached hydrogens (tertiary/aromatic N) is 1. The molecule has 2 rings (SSSR count). The number of methoxy groups -OCH3 is 1. The SMILES string of the molecule is CCc1nc(-c2ccc(Cl)cc2OC)sc1CO. The van der Waals surface area contributed by atoms with Crippen LogP contribution < -0.4 is 4.74 Å². The Hall–Kier alpha value is -1.10. The molecular formula is C13H14ClNO2S. The van der Waals surface area contributed by atoms with Crippen molar-refractivity contribution < 1.29 is 9.84 Å². The van der Waals surface area contributed by atoms with Crippen molar-refractivity contribution in [3.8, 4) is 16.3 Å². The maximum Gasteiger partial charge on any atom is 0.130 e. The summed E-state index contributed by atoms with van der Waals surface area (Å²) in [5.41, 5.74) is 1.84. The molecule has 0 saturated heterocycles. The number of benzene rings is 1. The molecule has 0 saturated carbocycles. The van der Waals surface area contributed by atoms with Crippen LogP contribution >= 0.6 is 22.9 Å². The van der Waals surface area contributed by atoms with Gasteiger partial charge in [-0.3, -0.25) is 0 Å². The normalized spacial score (nSPS) is 10.7. The van der Waals surface area contributed by atoms with Gasteiger partial charge in [0.1, 0.15) is 10.8 Å². The maximum atomic E-state index is 9.30. The molecule has 5 heteroatoms. The lowest BCUT2D eigenvalue weighted by Gasteiger charge is -2.05.